The lowest BCUT2D eigenvalue weighted by Gasteiger charge is -2.27. The summed E-state index contributed by atoms with van der Waals surface area (Å²) in [5.74, 6) is 0.640. The molecular formula is C21H28ClN3O3. The first-order chi connectivity index (χ1) is 13.0. The smallest absolute Gasteiger partial charge is 0.242 e. The van der Waals surface area contributed by atoms with Crippen molar-refractivity contribution in [2.45, 2.75) is 51.9 Å². The van der Waals surface area contributed by atoms with Crippen molar-refractivity contribution >= 4 is 24.2 Å². The molecule has 0 unspecified atom stereocenters. The first kappa shape index (κ1) is 22.0. The minimum Gasteiger partial charge on any atom is -0.467 e. The maximum Gasteiger partial charge on any atom is 0.242 e. The van der Waals surface area contributed by atoms with Gasteiger partial charge in [-0.05, 0) is 42.0 Å². The molecule has 0 saturated carbocycles. The number of nitrogens with one attached hydrogen (secondary N) is 3. The number of fused-ring (bicyclic) bond motifs is 1. The Balaban J connectivity index is 0.00000280. The second kappa shape index (κ2) is 10.3. The molecule has 2 atom stereocenters. The number of rotatable bonds is 7. The van der Waals surface area contributed by atoms with E-state index < -0.39 is 6.04 Å². The van der Waals surface area contributed by atoms with Crippen LogP contribution in [-0.4, -0.2) is 23.9 Å². The van der Waals surface area contributed by atoms with Crippen LogP contribution < -0.4 is 16.0 Å². The van der Waals surface area contributed by atoms with Gasteiger partial charge < -0.3 is 20.4 Å². The average molecular weight is 406 g/mol. The monoisotopic (exact) mass is 405 g/mol. The summed E-state index contributed by atoms with van der Waals surface area (Å²) in [7, 11) is 0. The molecule has 0 radical (unpaired) electrons. The van der Waals surface area contributed by atoms with Crippen LogP contribution in [0.3, 0.4) is 0 Å². The molecule has 0 fully saturated rings. The van der Waals surface area contributed by atoms with Crippen LogP contribution >= 0.6 is 12.4 Å². The number of halogens is 1. The Hall–Kier alpha value is -2.31. The minimum absolute atomic E-state index is 0. The summed E-state index contributed by atoms with van der Waals surface area (Å²) in [6.45, 7) is 5.04. The third-order valence-corrected chi connectivity index (χ3v) is 4.75. The van der Waals surface area contributed by atoms with E-state index in [4.69, 9.17) is 4.42 Å². The summed E-state index contributed by atoms with van der Waals surface area (Å²) in [6.07, 6.45) is 2.78. The van der Waals surface area contributed by atoms with Crippen molar-refractivity contribution in [2.24, 2.45) is 5.92 Å². The third kappa shape index (κ3) is 5.84. The second-order valence-electron chi connectivity index (χ2n) is 7.39. The fourth-order valence-electron chi connectivity index (χ4n) is 3.33. The minimum atomic E-state index is -0.563. The van der Waals surface area contributed by atoms with Gasteiger partial charge in [0.1, 0.15) is 11.8 Å². The molecular weight excluding hydrogens is 378 g/mol. The van der Waals surface area contributed by atoms with Crippen molar-refractivity contribution in [3.63, 3.8) is 0 Å². The lowest BCUT2D eigenvalue weighted by Crippen LogP contribution is -2.54. The largest absolute Gasteiger partial charge is 0.467 e. The zero-order valence-electron chi connectivity index (χ0n) is 16.2. The molecule has 0 saturated heterocycles. The van der Waals surface area contributed by atoms with E-state index in [0.717, 1.165) is 0 Å². The molecule has 3 rings (SSSR count). The molecule has 1 aliphatic rings. The number of hydrogen-bond acceptors (Lipinski definition) is 4. The highest BCUT2D eigenvalue weighted by atomic mass is 35.5. The van der Waals surface area contributed by atoms with Crippen LogP contribution in [0.25, 0.3) is 0 Å². The summed E-state index contributed by atoms with van der Waals surface area (Å²) >= 11 is 0. The molecule has 1 aromatic heterocycles. The highest BCUT2D eigenvalue weighted by molar-refractivity contribution is 5.90. The lowest BCUT2D eigenvalue weighted by atomic mass is 9.95. The molecule has 3 N–H and O–H groups in total. The van der Waals surface area contributed by atoms with Gasteiger partial charge in [0.2, 0.25) is 11.8 Å². The van der Waals surface area contributed by atoms with E-state index in [0.29, 0.717) is 31.7 Å². The van der Waals surface area contributed by atoms with Gasteiger partial charge in [-0.1, -0.05) is 38.1 Å². The Morgan fingerprint density at radius 1 is 1.18 bits per heavy atom. The quantitative estimate of drug-likeness (QED) is 0.661. The van der Waals surface area contributed by atoms with Crippen molar-refractivity contribution in [3.05, 3.63) is 59.5 Å². The predicted molar refractivity (Wildman–Crippen MR) is 110 cm³/mol. The molecule has 2 amide bonds. The molecule has 152 valence electrons. The van der Waals surface area contributed by atoms with Crippen LogP contribution in [0.5, 0.6) is 0 Å². The van der Waals surface area contributed by atoms with Gasteiger partial charge in [0, 0.05) is 6.54 Å². The van der Waals surface area contributed by atoms with E-state index in [1.807, 2.05) is 26.0 Å². The van der Waals surface area contributed by atoms with Gasteiger partial charge in [0.25, 0.3) is 0 Å². The SMILES string of the molecule is CC(C)C[C@H](NC(=O)[C@@H]1Cc2ccccc2CN1)C(=O)NCc1ccco1.Cl. The number of amides is 2. The molecule has 1 aliphatic heterocycles. The second-order valence-corrected chi connectivity index (χ2v) is 7.39. The zero-order valence-corrected chi connectivity index (χ0v) is 17.1. The first-order valence-electron chi connectivity index (χ1n) is 9.43. The molecule has 0 spiro atoms. The molecule has 1 aromatic carbocycles. The average Bonchev–Trinajstić information content (AvgIpc) is 3.18. The maximum atomic E-state index is 12.8. The Morgan fingerprint density at radius 2 is 1.93 bits per heavy atom. The van der Waals surface area contributed by atoms with E-state index >= 15 is 0 Å². The molecule has 6 nitrogen and oxygen atoms in total. The maximum absolute atomic E-state index is 12.8. The topological polar surface area (TPSA) is 83.4 Å². The number of carbonyl (C=O) groups is 2. The molecule has 0 aliphatic carbocycles. The normalized spacial score (nSPS) is 16.6. The molecule has 0 bridgehead atoms. The van der Waals surface area contributed by atoms with Crippen molar-refractivity contribution < 1.29 is 14.0 Å². The molecule has 28 heavy (non-hydrogen) atoms. The van der Waals surface area contributed by atoms with Crippen molar-refractivity contribution in [2.75, 3.05) is 0 Å². The Morgan fingerprint density at radius 3 is 2.61 bits per heavy atom. The van der Waals surface area contributed by atoms with E-state index in [-0.39, 0.29) is 36.2 Å². The van der Waals surface area contributed by atoms with Crippen LogP contribution in [0.2, 0.25) is 0 Å². The lowest BCUT2D eigenvalue weighted by molar-refractivity contribution is -0.130. The van der Waals surface area contributed by atoms with Gasteiger partial charge in [0.05, 0.1) is 18.8 Å². The van der Waals surface area contributed by atoms with Gasteiger partial charge in [-0.2, -0.15) is 0 Å². The van der Waals surface area contributed by atoms with Crippen LogP contribution in [0.4, 0.5) is 0 Å². The highest BCUT2D eigenvalue weighted by Crippen LogP contribution is 2.16. The summed E-state index contributed by atoms with van der Waals surface area (Å²) in [5.41, 5.74) is 2.40. The molecule has 2 aromatic rings. The highest BCUT2D eigenvalue weighted by Gasteiger charge is 2.28. The zero-order chi connectivity index (χ0) is 19.2. The van der Waals surface area contributed by atoms with Crippen LogP contribution in [0.1, 0.15) is 37.2 Å². The standard InChI is InChI=1S/C21H27N3O3.ClH/c1-14(2)10-19(20(25)23-13-17-8-5-9-27-17)24-21(26)18-11-15-6-3-4-7-16(15)12-22-18;/h3-9,14,18-19,22H,10-13H2,1-2H3,(H,23,25)(H,24,26);1H/t18-,19-;/m0./s1. The fourth-order valence-corrected chi connectivity index (χ4v) is 3.33. The van der Waals surface area contributed by atoms with Crippen molar-refractivity contribution in [1.82, 2.24) is 16.0 Å². The fraction of sp³-hybridized carbons (Fsp3) is 0.429. The first-order valence-corrected chi connectivity index (χ1v) is 9.43. The Kier molecular flexibility index (Phi) is 8.08. The third-order valence-electron chi connectivity index (χ3n) is 4.75. The van der Waals surface area contributed by atoms with Crippen molar-refractivity contribution in [3.8, 4) is 0 Å². The van der Waals surface area contributed by atoms with Gasteiger partial charge in [-0.25, -0.2) is 0 Å². The van der Waals surface area contributed by atoms with Crippen LogP contribution in [0, 0.1) is 5.92 Å². The Bertz CT molecular complexity index is 777. The van der Waals surface area contributed by atoms with Gasteiger partial charge >= 0.3 is 0 Å². The van der Waals surface area contributed by atoms with E-state index in [2.05, 4.69) is 28.1 Å². The number of furan rings is 1. The van der Waals surface area contributed by atoms with E-state index in [1.165, 1.54) is 11.1 Å². The van der Waals surface area contributed by atoms with Crippen molar-refractivity contribution in [1.29, 1.82) is 0 Å². The van der Waals surface area contributed by atoms with Crippen LogP contribution in [0.15, 0.2) is 47.1 Å². The van der Waals surface area contributed by atoms with Gasteiger partial charge in [-0.3, -0.25) is 9.59 Å². The number of hydrogen-bond donors (Lipinski definition) is 3. The van der Waals surface area contributed by atoms with E-state index in [9.17, 15) is 9.59 Å². The summed E-state index contributed by atoms with van der Waals surface area (Å²) in [4.78, 5) is 25.4. The molecule has 7 heteroatoms. The molecule has 2 heterocycles. The van der Waals surface area contributed by atoms with Gasteiger partial charge in [-0.15, -0.1) is 12.4 Å². The van der Waals surface area contributed by atoms with Gasteiger partial charge in [0.15, 0.2) is 0 Å². The Labute approximate surface area is 171 Å². The summed E-state index contributed by atoms with van der Waals surface area (Å²) in [5, 5.41) is 9.05. The number of benzene rings is 1. The number of carbonyl (C=O) groups excluding carboxylic acids is 2. The predicted octanol–water partition coefficient (Wildman–Crippen LogP) is 2.56. The summed E-state index contributed by atoms with van der Waals surface area (Å²) < 4.78 is 5.24. The summed E-state index contributed by atoms with van der Waals surface area (Å²) in [6, 6.07) is 10.8. The van der Waals surface area contributed by atoms with E-state index in [1.54, 1.807) is 18.4 Å². The van der Waals surface area contributed by atoms with Crippen LogP contribution in [-0.2, 0) is 29.1 Å².